The van der Waals surface area contributed by atoms with Crippen molar-refractivity contribution < 1.29 is 4.79 Å². The maximum absolute atomic E-state index is 12.6. The number of para-hydroxylation sites is 2. The average Bonchev–Trinajstić information content (AvgIpc) is 2.76. The summed E-state index contributed by atoms with van der Waals surface area (Å²) in [4.78, 5) is 15.6. The van der Waals surface area contributed by atoms with Crippen molar-refractivity contribution in [3.8, 4) is 0 Å². The Labute approximate surface area is 144 Å². The van der Waals surface area contributed by atoms with E-state index in [0.29, 0.717) is 0 Å². The number of hydrogen-bond donors (Lipinski definition) is 0. The van der Waals surface area contributed by atoms with Crippen molar-refractivity contribution in [3.63, 3.8) is 0 Å². The summed E-state index contributed by atoms with van der Waals surface area (Å²) in [6, 6.07) is 18.0. The summed E-state index contributed by atoms with van der Waals surface area (Å²) in [6.07, 6.45) is 0. The molecule has 0 bridgehead atoms. The van der Waals surface area contributed by atoms with E-state index in [-0.39, 0.29) is 11.8 Å². The van der Waals surface area contributed by atoms with Gasteiger partial charge < -0.3 is 0 Å². The molecule has 3 heteroatoms. The van der Waals surface area contributed by atoms with Gasteiger partial charge in [-0.1, -0.05) is 65.0 Å². The van der Waals surface area contributed by atoms with Crippen LogP contribution in [0.3, 0.4) is 0 Å². The topological polar surface area (TPSA) is 20.3 Å². The van der Waals surface area contributed by atoms with Gasteiger partial charge in [-0.15, -0.1) is 11.8 Å². The van der Waals surface area contributed by atoms with E-state index in [2.05, 4.69) is 6.07 Å². The monoisotopic (exact) mass is 329 g/mol. The molecule has 1 aliphatic rings. The molecule has 0 saturated carbocycles. The lowest BCUT2D eigenvalue weighted by atomic mass is 10.1. The van der Waals surface area contributed by atoms with Gasteiger partial charge in [0.2, 0.25) is 5.91 Å². The predicted molar refractivity (Wildman–Crippen MR) is 103 cm³/mol. The van der Waals surface area contributed by atoms with Crippen LogP contribution in [0, 0.1) is 5.92 Å². The van der Waals surface area contributed by atoms with Gasteiger partial charge in [0, 0.05) is 22.3 Å². The van der Waals surface area contributed by atoms with E-state index in [9.17, 15) is 4.79 Å². The molecule has 0 radical (unpaired) electrons. The molecule has 0 aromatic heterocycles. The first-order valence-electron chi connectivity index (χ1n) is 8.38. The van der Waals surface area contributed by atoms with E-state index in [1.807, 2.05) is 88.0 Å². The Morgan fingerprint density at radius 2 is 1.48 bits per heavy atom. The Hall–Kier alpha value is -1.74. The first-order valence-corrected chi connectivity index (χ1v) is 9.37. The first kappa shape index (κ1) is 19.3. The predicted octanol–water partition coefficient (Wildman–Crippen LogP) is 6.15. The number of fused-ring (bicyclic) bond motifs is 1. The number of amides is 1. The molecule has 0 saturated heterocycles. The summed E-state index contributed by atoms with van der Waals surface area (Å²) < 4.78 is 0. The Morgan fingerprint density at radius 1 is 0.913 bits per heavy atom. The largest absolute Gasteiger partial charge is 0.280 e. The molecule has 0 aliphatic carbocycles. The van der Waals surface area contributed by atoms with E-state index in [4.69, 9.17) is 0 Å². The van der Waals surface area contributed by atoms with Crippen molar-refractivity contribution in [1.29, 1.82) is 0 Å². The van der Waals surface area contributed by atoms with Gasteiger partial charge in [-0.25, -0.2) is 0 Å². The van der Waals surface area contributed by atoms with Gasteiger partial charge in [0.05, 0.1) is 5.69 Å². The third kappa shape index (κ3) is 4.61. The number of rotatable bonds is 1. The highest BCUT2D eigenvalue weighted by atomic mass is 32.2. The number of carbonyl (C=O) groups excluding carboxylic acids is 1. The van der Waals surface area contributed by atoms with E-state index in [0.717, 1.165) is 17.1 Å². The highest BCUT2D eigenvalue weighted by Crippen LogP contribution is 2.39. The second-order valence-electron chi connectivity index (χ2n) is 4.69. The fourth-order valence-corrected chi connectivity index (χ4v) is 3.29. The fraction of sp³-hybridized carbons (Fsp3) is 0.350. The molecule has 0 N–H and O–H groups in total. The third-order valence-corrected chi connectivity index (χ3v) is 4.57. The smallest absolute Gasteiger partial charge is 0.235 e. The van der Waals surface area contributed by atoms with Crippen LogP contribution in [0.15, 0.2) is 59.5 Å². The Bertz CT molecular complexity index is 598. The number of anilines is 2. The third-order valence-electron chi connectivity index (χ3n) is 3.25. The zero-order valence-corrected chi connectivity index (χ0v) is 15.6. The molecule has 1 atom stereocenters. The Balaban J connectivity index is 0.000000615. The van der Waals surface area contributed by atoms with Gasteiger partial charge in [0.25, 0.3) is 0 Å². The minimum absolute atomic E-state index is 0.0256. The fourth-order valence-electron chi connectivity index (χ4n) is 2.23. The SMILES string of the molecule is CC.CC.CC1CSc2ccccc2N(c2ccccc2)C1=O. The molecule has 2 aromatic rings. The molecule has 23 heavy (non-hydrogen) atoms. The first-order chi connectivity index (χ1) is 11.3. The van der Waals surface area contributed by atoms with Gasteiger partial charge in [-0.3, -0.25) is 9.69 Å². The van der Waals surface area contributed by atoms with E-state index >= 15 is 0 Å². The van der Waals surface area contributed by atoms with Crippen LogP contribution in [0.25, 0.3) is 0 Å². The summed E-state index contributed by atoms with van der Waals surface area (Å²) in [7, 11) is 0. The van der Waals surface area contributed by atoms with Crippen LogP contribution in [-0.2, 0) is 4.79 Å². The second-order valence-corrected chi connectivity index (χ2v) is 5.75. The average molecular weight is 330 g/mol. The van der Waals surface area contributed by atoms with Crippen LogP contribution in [0.5, 0.6) is 0 Å². The molecule has 1 heterocycles. The molecule has 1 amide bonds. The van der Waals surface area contributed by atoms with Crippen LogP contribution < -0.4 is 4.90 Å². The zero-order valence-electron chi connectivity index (χ0n) is 14.7. The standard InChI is InChI=1S/C16H15NOS.2C2H6/c1-12-11-19-15-10-6-5-9-14(15)17(16(12)18)13-7-3-2-4-8-13;2*1-2/h2-10,12H,11H2,1H3;2*1-2H3. The highest BCUT2D eigenvalue weighted by molar-refractivity contribution is 7.99. The van der Waals surface area contributed by atoms with Gasteiger partial charge in [-0.05, 0) is 24.3 Å². The molecule has 1 unspecified atom stereocenters. The summed E-state index contributed by atoms with van der Waals surface area (Å²) in [5.41, 5.74) is 1.93. The van der Waals surface area contributed by atoms with Crippen LogP contribution in [0.2, 0.25) is 0 Å². The molecule has 124 valence electrons. The van der Waals surface area contributed by atoms with Crippen molar-refractivity contribution in [3.05, 3.63) is 54.6 Å². The molecular formula is C20H27NOS. The number of nitrogens with zero attached hydrogens (tertiary/aromatic N) is 1. The van der Waals surface area contributed by atoms with Crippen LogP contribution in [-0.4, -0.2) is 11.7 Å². The second kappa shape index (κ2) is 10.1. The van der Waals surface area contributed by atoms with Crippen molar-refractivity contribution in [2.75, 3.05) is 10.7 Å². The summed E-state index contributed by atoms with van der Waals surface area (Å²) in [5.74, 6) is 1.03. The van der Waals surface area contributed by atoms with Crippen molar-refractivity contribution >= 4 is 29.0 Å². The van der Waals surface area contributed by atoms with Crippen LogP contribution in [0.1, 0.15) is 34.6 Å². The number of benzene rings is 2. The molecular weight excluding hydrogens is 302 g/mol. The van der Waals surface area contributed by atoms with Gasteiger partial charge >= 0.3 is 0 Å². The van der Waals surface area contributed by atoms with E-state index < -0.39 is 0 Å². The Kier molecular flexibility index (Phi) is 8.49. The summed E-state index contributed by atoms with van der Waals surface area (Å²) in [5, 5.41) is 0. The van der Waals surface area contributed by atoms with Crippen molar-refractivity contribution in [2.24, 2.45) is 5.92 Å². The van der Waals surface area contributed by atoms with E-state index in [1.54, 1.807) is 11.8 Å². The molecule has 0 fully saturated rings. The molecule has 2 nitrogen and oxygen atoms in total. The van der Waals surface area contributed by atoms with Crippen molar-refractivity contribution in [1.82, 2.24) is 0 Å². The number of carbonyl (C=O) groups is 1. The normalized spacial score (nSPS) is 16.1. The summed E-state index contributed by atoms with van der Waals surface area (Å²) >= 11 is 1.76. The molecule has 3 rings (SSSR count). The maximum atomic E-state index is 12.6. The number of hydrogen-bond acceptors (Lipinski definition) is 2. The highest BCUT2D eigenvalue weighted by Gasteiger charge is 2.28. The summed E-state index contributed by atoms with van der Waals surface area (Å²) in [6.45, 7) is 10.00. The van der Waals surface area contributed by atoms with E-state index in [1.165, 1.54) is 4.90 Å². The minimum atomic E-state index is 0.0256. The van der Waals surface area contributed by atoms with Gasteiger partial charge in [-0.2, -0.15) is 0 Å². The maximum Gasteiger partial charge on any atom is 0.235 e. The quantitative estimate of drug-likeness (QED) is 0.626. The molecule has 2 aromatic carbocycles. The lowest BCUT2D eigenvalue weighted by Crippen LogP contribution is -2.30. The van der Waals surface area contributed by atoms with Gasteiger partial charge in [0.15, 0.2) is 0 Å². The number of thioether (sulfide) groups is 1. The van der Waals surface area contributed by atoms with Crippen molar-refractivity contribution in [2.45, 2.75) is 39.5 Å². The minimum Gasteiger partial charge on any atom is -0.280 e. The van der Waals surface area contributed by atoms with Crippen LogP contribution in [0.4, 0.5) is 11.4 Å². The lowest BCUT2D eigenvalue weighted by molar-refractivity contribution is -0.120. The molecule has 0 spiro atoms. The Morgan fingerprint density at radius 3 is 2.13 bits per heavy atom. The molecule has 1 aliphatic heterocycles. The zero-order chi connectivity index (χ0) is 17.2. The van der Waals surface area contributed by atoms with Crippen LogP contribution >= 0.6 is 11.8 Å². The van der Waals surface area contributed by atoms with Gasteiger partial charge in [0.1, 0.15) is 0 Å². The lowest BCUT2D eigenvalue weighted by Gasteiger charge is -2.24.